The minimum absolute atomic E-state index is 0.146. The number of hydrogen-bond acceptors (Lipinski definition) is 3. The molecule has 5 nitrogen and oxygen atoms in total. The van der Waals surface area contributed by atoms with Crippen molar-refractivity contribution in [1.29, 1.82) is 0 Å². The van der Waals surface area contributed by atoms with Crippen LogP contribution in [0, 0.1) is 0 Å². The Labute approximate surface area is 89.8 Å². The summed E-state index contributed by atoms with van der Waals surface area (Å²) in [6.07, 6.45) is 0.973. The molecule has 0 saturated carbocycles. The number of nitrogens with one attached hydrogen (secondary N) is 1. The van der Waals surface area contributed by atoms with Crippen LogP contribution < -0.4 is 5.32 Å². The Bertz CT molecular complexity index is 206. The maximum atomic E-state index is 11.3. The Hall–Kier alpha value is -1.10. The van der Waals surface area contributed by atoms with E-state index in [0.717, 1.165) is 0 Å². The summed E-state index contributed by atoms with van der Waals surface area (Å²) in [7, 11) is 0. The summed E-state index contributed by atoms with van der Waals surface area (Å²) in [6, 6.07) is 0. The van der Waals surface area contributed by atoms with Gasteiger partial charge in [0, 0.05) is 19.6 Å². The van der Waals surface area contributed by atoms with E-state index in [-0.39, 0.29) is 12.3 Å². The summed E-state index contributed by atoms with van der Waals surface area (Å²) in [6.45, 7) is 4.53. The highest BCUT2D eigenvalue weighted by atomic mass is 16.5. The van der Waals surface area contributed by atoms with Crippen LogP contribution in [-0.2, 0) is 14.3 Å². The molecule has 0 heterocycles. The second kappa shape index (κ2) is 8.23. The van der Waals surface area contributed by atoms with Crippen molar-refractivity contribution < 1.29 is 19.4 Å². The van der Waals surface area contributed by atoms with E-state index in [4.69, 9.17) is 9.84 Å². The molecular formula is C10H19NO4. The molecule has 0 bridgehead atoms. The van der Waals surface area contributed by atoms with Gasteiger partial charge in [0.2, 0.25) is 5.91 Å². The van der Waals surface area contributed by atoms with E-state index in [1.807, 2.05) is 6.92 Å². The average molecular weight is 217 g/mol. The van der Waals surface area contributed by atoms with E-state index < -0.39 is 12.1 Å². The molecule has 0 aliphatic carbocycles. The highest BCUT2D eigenvalue weighted by Crippen LogP contribution is 1.95. The lowest BCUT2D eigenvalue weighted by Gasteiger charge is -2.11. The Morgan fingerprint density at radius 3 is 2.60 bits per heavy atom. The number of amides is 1. The van der Waals surface area contributed by atoms with Crippen LogP contribution in [0.5, 0.6) is 0 Å². The second-order valence-electron chi connectivity index (χ2n) is 3.24. The van der Waals surface area contributed by atoms with E-state index in [2.05, 4.69) is 5.32 Å². The lowest BCUT2D eigenvalue weighted by atomic mass is 10.2. The van der Waals surface area contributed by atoms with Crippen molar-refractivity contribution in [2.24, 2.45) is 0 Å². The van der Waals surface area contributed by atoms with Crippen molar-refractivity contribution in [1.82, 2.24) is 5.32 Å². The van der Waals surface area contributed by atoms with Gasteiger partial charge in [-0.05, 0) is 26.7 Å². The summed E-state index contributed by atoms with van der Waals surface area (Å²) in [4.78, 5) is 21.5. The van der Waals surface area contributed by atoms with Crippen LogP contribution in [0.25, 0.3) is 0 Å². The number of hydrogen-bond donors (Lipinski definition) is 2. The van der Waals surface area contributed by atoms with Crippen LogP contribution in [0.15, 0.2) is 0 Å². The molecule has 0 aromatic heterocycles. The first kappa shape index (κ1) is 13.9. The molecule has 1 unspecified atom stereocenters. The lowest BCUT2D eigenvalue weighted by Crippen LogP contribution is -2.35. The van der Waals surface area contributed by atoms with Crippen LogP contribution in [0.2, 0.25) is 0 Å². The molecule has 5 heteroatoms. The van der Waals surface area contributed by atoms with Crippen LogP contribution in [0.1, 0.15) is 33.1 Å². The van der Waals surface area contributed by atoms with Crippen LogP contribution in [0.3, 0.4) is 0 Å². The van der Waals surface area contributed by atoms with Crippen LogP contribution in [0.4, 0.5) is 0 Å². The van der Waals surface area contributed by atoms with E-state index >= 15 is 0 Å². The molecule has 0 radical (unpaired) electrons. The minimum atomic E-state index is -0.802. The fourth-order valence-electron chi connectivity index (χ4n) is 1.08. The number of carboxylic acid groups (broad SMARTS) is 1. The number of ether oxygens (including phenoxy) is 1. The first-order valence-corrected chi connectivity index (χ1v) is 5.19. The normalized spacial score (nSPS) is 12.1. The molecule has 0 aromatic carbocycles. The molecule has 0 aromatic rings. The molecule has 15 heavy (non-hydrogen) atoms. The molecule has 0 saturated heterocycles. The van der Waals surface area contributed by atoms with Gasteiger partial charge in [0.1, 0.15) is 6.10 Å². The van der Waals surface area contributed by atoms with Crippen molar-refractivity contribution >= 4 is 11.9 Å². The van der Waals surface area contributed by atoms with E-state index in [1.165, 1.54) is 0 Å². The van der Waals surface area contributed by atoms with Crippen molar-refractivity contribution in [3.63, 3.8) is 0 Å². The number of carbonyl (C=O) groups excluding carboxylic acids is 1. The van der Waals surface area contributed by atoms with Gasteiger partial charge in [-0.25, -0.2) is 0 Å². The summed E-state index contributed by atoms with van der Waals surface area (Å²) in [5.74, 6) is -0.948. The van der Waals surface area contributed by atoms with Crippen LogP contribution in [-0.4, -0.2) is 36.2 Å². The monoisotopic (exact) mass is 217 g/mol. The van der Waals surface area contributed by atoms with E-state index in [9.17, 15) is 9.59 Å². The van der Waals surface area contributed by atoms with Gasteiger partial charge in [-0.2, -0.15) is 0 Å². The molecule has 0 rings (SSSR count). The number of rotatable bonds is 8. The van der Waals surface area contributed by atoms with Crippen molar-refractivity contribution in [3.8, 4) is 0 Å². The predicted molar refractivity (Wildman–Crippen MR) is 55.6 cm³/mol. The number of carboxylic acids is 1. The zero-order chi connectivity index (χ0) is 11.7. The SMILES string of the molecule is CCOC(C)C(=O)NCCCCC(=O)O. The van der Waals surface area contributed by atoms with Gasteiger partial charge in [-0.3, -0.25) is 9.59 Å². The molecule has 88 valence electrons. The maximum absolute atomic E-state index is 11.3. The molecule has 2 N–H and O–H groups in total. The number of carbonyl (C=O) groups is 2. The first-order chi connectivity index (χ1) is 7.07. The zero-order valence-corrected chi connectivity index (χ0v) is 9.28. The zero-order valence-electron chi connectivity index (χ0n) is 9.28. The van der Waals surface area contributed by atoms with Gasteiger partial charge in [0.25, 0.3) is 0 Å². The Kier molecular flexibility index (Phi) is 7.62. The highest BCUT2D eigenvalue weighted by Gasteiger charge is 2.10. The van der Waals surface area contributed by atoms with Crippen LogP contribution >= 0.6 is 0 Å². The molecule has 1 atom stereocenters. The molecule has 0 aliphatic heterocycles. The molecule has 0 spiro atoms. The van der Waals surface area contributed by atoms with Gasteiger partial charge in [0.15, 0.2) is 0 Å². The quantitative estimate of drug-likeness (QED) is 0.589. The number of unbranched alkanes of at least 4 members (excludes halogenated alkanes) is 1. The van der Waals surface area contributed by atoms with E-state index in [1.54, 1.807) is 6.92 Å². The summed E-state index contributed by atoms with van der Waals surface area (Å²) < 4.78 is 5.09. The summed E-state index contributed by atoms with van der Waals surface area (Å²) in [5.41, 5.74) is 0. The predicted octanol–water partition coefficient (Wildman–Crippen LogP) is 0.782. The third-order valence-electron chi connectivity index (χ3n) is 1.90. The summed E-state index contributed by atoms with van der Waals surface area (Å²) >= 11 is 0. The molecule has 0 aliphatic rings. The third-order valence-corrected chi connectivity index (χ3v) is 1.90. The Morgan fingerprint density at radius 2 is 2.07 bits per heavy atom. The van der Waals surface area contributed by atoms with Crippen molar-refractivity contribution in [2.45, 2.75) is 39.2 Å². The largest absolute Gasteiger partial charge is 0.481 e. The van der Waals surface area contributed by atoms with Crippen molar-refractivity contribution in [3.05, 3.63) is 0 Å². The Balaban J connectivity index is 3.42. The summed E-state index contributed by atoms with van der Waals surface area (Å²) in [5, 5.41) is 11.1. The Morgan fingerprint density at radius 1 is 1.40 bits per heavy atom. The van der Waals surface area contributed by atoms with Gasteiger partial charge >= 0.3 is 5.97 Å². The lowest BCUT2D eigenvalue weighted by molar-refractivity contribution is -0.137. The smallest absolute Gasteiger partial charge is 0.303 e. The maximum Gasteiger partial charge on any atom is 0.303 e. The fraction of sp³-hybridized carbons (Fsp3) is 0.800. The second-order valence-corrected chi connectivity index (χ2v) is 3.24. The average Bonchev–Trinajstić information content (AvgIpc) is 2.16. The third kappa shape index (κ3) is 7.93. The van der Waals surface area contributed by atoms with Gasteiger partial charge < -0.3 is 15.2 Å². The van der Waals surface area contributed by atoms with E-state index in [0.29, 0.717) is 26.0 Å². The van der Waals surface area contributed by atoms with Gasteiger partial charge in [-0.15, -0.1) is 0 Å². The minimum Gasteiger partial charge on any atom is -0.481 e. The number of aliphatic carboxylic acids is 1. The highest BCUT2D eigenvalue weighted by molar-refractivity contribution is 5.80. The first-order valence-electron chi connectivity index (χ1n) is 5.19. The van der Waals surface area contributed by atoms with Gasteiger partial charge in [-0.1, -0.05) is 0 Å². The van der Waals surface area contributed by atoms with Crippen molar-refractivity contribution in [2.75, 3.05) is 13.2 Å². The van der Waals surface area contributed by atoms with Gasteiger partial charge in [0.05, 0.1) is 0 Å². The molecule has 1 amide bonds. The molecular weight excluding hydrogens is 198 g/mol. The topological polar surface area (TPSA) is 75.6 Å². The standard InChI is InChI=1S/C10H19NO4/c1-3-15-8(2)10(14)11-7-5-4-6-9(12)13/h8H,3-7H2,1-2H3,(H,11,14)(H,12,13). The fourth-order valence-corrected chi connectivity index (χ4v) is 1.08. The molecule has 0 fully saturated rings.